The molecular weight excluding hydrogens is 340 g/mol. The molecule has 0 bridgehead atoms. The number of aliphatic hydroxyl groups is 1. The van der Waals surface area contributed by atoms with Crippen molar-refractivity contribution in [2.75, 3.05) is 27.2 Å². The van der Waals surface area contributed by atoms with Gasteiger partial charge in [0.15, 0.2) is 11.5 Å². The number of rotatable bonds is 5. The van der Waals surface area contributed by atoms with Crippen LogP contribution in [0.25, 0.3) is 0 Å². The van der Waals surface area contributed by atoms with E-state index in [0.29, 0.717) is 18.1 Å². The summed E-state index contributed by atoms with van der Waals surface area (Å²) in [7, 11) is 3.82. The quantitative estimate of drug-likeness (QED) is 0.871. The van der Waals surface area contributed by atoms with Crippen LogP contribution in [0.3, 0.4) is 0 Å². The van der Waals surface area contributed by atoms with Crippen molar-refractivity contribution in [3.05, 3.63) is 46.2 Å². The van der Waals surface area contributed by atoms with Gasteiger partial charge in [0.25, 0.3) is 5.91 Å². The Morgan fingerprint density at radius 1 is 1.24 bits per heavy atom. The first-order valence-electron chi connectivity index (χ1n) is 8.23. The molecule has 25 heavy (non-hydrogen) atoms. The Balaban J connectivity index is 2.52. The van der Waals surface area contributed by atoms with Crippen LogP contribution in [-0.2, 0) is 9.59 Å². The molecule has 0 radical (unpaired) electrons. The molecule has 1 atom stereocenters. The highest BCUT2D eigenvalue weighted by atomic mass is 35.5. The van der Waals surface area contributed by atoms with E-state index in [1.165, 1.54) is 0 Å². The van der Waals surface area contributed by atoms with Gasteiger partial charge < -0.3 is 14.9 Å². The number of amides is 1. The Morgan fingerprint density at radius 2 is 1.80 bits per heavy atom. The average Bonchev–Trinajstić information content (AvgIpc) is 2.76. The standard InChI is InChI=1S/C19H25ClN2O3/c1-19(2,3)17(24)14-15(12-6-8-13(20)9-7-12)22(11-10-21(4)5)18(25)16(14)23/h6-9,15,23H,10-11H2,1-5H3. The summed E-state index contributed by atoms with van der Waals surface area (Å²) in [6.07, 6.45) is 0. The molecule has 1 amide bonds. The summed E-state index contributed by atoms with van der Waals surface area (Å²) in [4.78, 5) is 29.1. The minimum Gasteiger partial charge on any atom is -0.503 e. The fraction of sp³-hybridized carbons (Fsp3) is 0.474. The van der Waals surface area contributed by atoms with Crippen LogP contribution in [0.4, 0.5) is 0 Å². The predicted molar refractivity (Wildman–Crippen MR) is 98.6 cm³/mol. The monoisotopic (exact) mass is 364 g/mol. The minimum atomic E-state index is -0.703. The fourth-order valence-electron chi connectivity index (χ4n) is 2.82. The molecule has 6 heteroatoms. The molecule has 5 nitrogen and oxygen atoms in total. The minimum absolute atomic E-state index is 0.165. The zero-order valence-electron chi connectivity index (χ0n) is 15.3. The third-order valence-corrected chi connectivity index (χ3v) is 4.46. The van der Waals surface area contributed by atoms with Crippen molar-refractivity contribution in [3.63, 3.8) is 0 Å². The Hall–Kier alpha value is -1.85. The number of Topliss-reactive ketones (excluding diaryl/α,β-unsaturated/α-hetero) is 1. The molecule has 0 spiro atoms. The van der Waals surface area contributed by atoms with Crippen molar-refractivity contribution in [2.24, 2.45) is 5.41 Å². The zero-order chi connectivity index (χ0) is 18.9. The third kappa shape index (κ3) is 4.05. The number of likely N-dealkylation sites (N-methyl/N-ethyl adjacent to an activating group) is 1. The molecule has 1 N–H and O–H groups in total. The molecule has 0 saturated heterocycles. The van der Waals surface area contributed by atoms with Gasteiger partial charge in [0, 0.05) is 23.5 Å². The van der Waals surface area contributed by atoms with Crippen molar-refractivity contribution in [1.29, 1.82) is 0 Å². The Bertz CT molecular complexity index is 702. The van der Waals surface area contributed by atoms with Crippen LogP contribution in [-0.4, -0.2) is 53.8 Å². The van der Waals surface area contributed by atoms with E-state index in [9.17, 15) is 14.7 Å². The van der Waals surface area contributed by atoms with Gasteiger partial charge >= 0.3 is 0 Å². The fourth-order valence-corrected chi connectivity index (χ4v) is 2.95. The van der Waals surface area contributed by atoms with Gasteiger partial charge in [0.2, 0.25) is 0 Å². The number of hydrogen-bond acceptors (Lipinski definition) is 4. The van der Waals surface area contributed by atoms with Crippen LogP contribution in [0.5, 0.6) is 0 Å². The Labute approximate surface area is 153 Å². The highest BCUT2D eigenvalue weighted by Crippen LogP contribution is 2.40. The lowest BCUT2D eigenvalue weighted by Gasteiger charge is -2.29. The van der Waals surface area contributed by atoms with E-state index >= 15 is 0 Å². The van der Waals surface area contributed by atoms with E-state index in [1.807, 2.05) is 19.0 Å². The topological polar surface area (TPSA) is 60.9 Å². The van der Waals surface area contributed by atoms with E-state index in [2.05, 4.69) is 0 Å². The molecule has 1 heterocycles. The lowest BCUT2D eigenvalue weighted by atomic mass is 9.82. The second kappa shape index (κ2) is 7.18. The number of benzene rings is 1. The van der Waals surface area contributed by atoms with Crippen LogP contribution in [0.1, 0.15) is 32.4 Å². The molecule has 1 unspecified atom stereocenters. The molecule has 1 aromatic carbocycles. The van der Waals surface area contributed by atoms with Gasteiger partial charge in [-0.15, -0.1) is 0 Å². The number of aliphatic hydroxyl groups excluding tert-OH is 1. The maximum Gasteiger partial charge on any atom is 0.290 e. The number of carbonyl (C=O) groups excluding carboxylic acids is 2. The molecular formula is C19H25ClN2O3. The molecule has 0 saturated carbocycles. The molecule has 2 rings (SSSR count). The number of nitrogens with zero attached hydrogens (tertiary/aromatic N) is 2. The van der Waals surface area contributed by atoms with E-state index < -0.39 is 23.1 Å². The van der Waals surface area contributed by atoms with Crippen molar-refractivity contribution >= 4 is 23.3 Å². The predicted octanol–water partition coefficient (Wildman–Crippen LogP) is 3.21. The molecule has 1 aliphatic heterocycles. The lowest BCUT2D eigenvalue weighted by molar-refractivity contribution is -0.129. The summed E-state index contributed by atoms with van der Waals surface area (Å²) in [5, 5.41) is 11.0. The first kappa shape index (κ1) is 19.5. The van der Waals surface area contributed by atoms with Crippen molar-refractivity contribution in [3.8, 4) is 0 Å². The number of ketones is 1. The molecule has 0 fully saturated rings. The number of hydrogen-bond donors (Lipinski definition) is 1. The van der Waals surface area contributed by atoms with E-state index in [1.54, 1.807) is 49.9 Å². The van der Waals surface area contributed by atoms with Crippen LogP contribution in [0, 0.1) is 5.41 Å². The van der Waals surface area contributed by atoms with E-state index in [-0.39, 0.29) is 11.4 Å². The van der Waals surface area contributed by atoms with Gasteiger partial charge in [-0.1, -0.05) is 44.5 Å². The summed E-state index contributed by atoms with van der Waals surface area (Å²) in [5.41, 5.74) is 0.220. The maximum absolute atomic E-state index is 12.9. The summed E-state index contributed by atoms with van der Waals surface area (Å²) in [6, 6.07) is 6.42. The summed E-state index contributed by atoms with van der Waals surface area (Å²) in [5.74, 6) is -1.18. The second-order valence-electron chi connectivity index (χ2n) is 7.60. The SMILES string of the molecule is CN(C)CCN1C(=O)C(O)=C(C(=O)C(C)(C)C)C1c1ccc(Cl)cc1. The van der Waals surface area contributed by atoms with Gasteiger partial charge in [-0.3, -0.25) is 9.59 Å². The first-order valence-corrected chi connectivity index (χ1v) is 8.61. The van der Waals surface area contributed by atoms with E-state index in [4.69, 9.17) is 11.6 Å². The molecule has 136 valence electrons. The zero-order valence-corrected chi connectivity index (χ0v) is 16.1. The summed E-state index contributed by atoms with van der Waals surface area (Å²) >= 11 is 5.97. The Morgan fingerprint density at radius 3 is 2.28 bits per heavy atom. The molecule has 1 aromatic rings. The highest BCUT2D eigenvalue weighted by Gasteiger charge is 2.45. The third-order valence-electron chi connectivity index (χ3n) is 4.20. The van der Waals surface area contributed by atoms with Gasteiger partial charge in [-0.2, -0.15) is 0 Å². The number of halogens is 1. The molecule has 0 aromatic heterocycles. The van der Waals surface area contributed by atoms with E-state index in [0.717, 1.165) is 5.56 Å². The molecule has 0 aliphatic carbocycles. The van der Waals surface area contributed by atoms with Crippen molar-refractivity contribution in [1.82, 2.24) is 9.80 Å². The van der Waals surface area contributed by atoms with Gasteiger partial charge in [0.1, 0.15) is 0 Å². The molecule has 1 aliphatic rings. The normalized spacial score (nSPS) is 18.4. The highest BCUT2D eigenvalue weighted by molar-refractivity contribution is 6.30. The maximum atomic E-state index is 12.9. The summed E-state index contributed by atoms with van der Waals surface area (Å²) in [6.45, 7) is 6.37. The number of carbonyl (C=O) groups is 2. The first-order chi connectivity index (χ1) is 11.5. The smallest absolute Gasteiger partial charge is 0.290 e. The van der Waals surface area contributed by atoms with Crippen LogP contribution in [0.2, 0.25) is 5.02 Å². The van der Waals surface area contributed by atoms with Gasteiger partial charge in [-0.25, -0.2) is 0 Å². The largest absolute Gasteiger partial charge is 0.503 e. The van der Waals surface area contributed by atoms with Gasteiger partial charge in [0.05, 0.1) is 11.6 Å². The second-order valence-corrected chi connectivity index (χ2v) is 8.03. The lowest BCUT2D eigenvalue weighted by Crippen LogP contribution is -2.37. The van der Waals surface area contributed by atoms with Crippen LogP contribution in [0.15, 0.2) is 35.6 Å². The van der Waals surface area contributed by atoms with Gasteiger partial charge in [-0.05, 0) is 31.8 Å². The van der Waals surface area contributed by atoms with Crippen LogP contribution < -0.4 is 0 Å². The average molecular weight is 365 g/mol. The van der Waals surface area contributed by atoms with Crippen molar-refractivity contribution in [2.45, 2.75) is 26.8 Å². The van der Waals surface area contributed by atoms with Crippen molar-refractivity contribution < 1.29 is 14.7 Å². The Kier molecular flexibility index (Phi) is 5.59. The summed E-state index contributed by atoms with van der Waals surface area (Å²) < 4.78 is 0. The van der Waals surface area contributed by atoms with Crippen LogP contribution >= 0.6 is 11.6 Å².